The summed E-state index contributed by atoms with van der Waals surface area (Å²) >= 11 is 3.19. The maximum absolute atomic E-state index is 12.7. The van der Waals surface area contributed by atoms with E-state index in [1.54, 1.807) is 0 Å². The largest absolute Gasteiger partial charge is 0.417 e. The highest BCUT2D eigenvalue weighted by Gasteiger charge is 2.36. The van der Waals surface area contributed by atoms with E-state index < -0.39 is 26.7 Å². The molecule has 8 heteroatoms. The number of halogens is 4. The molecule has 0 bridgehead atoms. The summed E-state index contributed by atoms with van der Waals surface area (Å²) in [5.41, 5.74) is -1.15. The number of benzene rings is 1. The molecule has 0 fully saturated rings. The Morgan fingerprint density at radius 1 is 1.16 bits per heavy atom. The van der Waals surface area contributed by atoms with Crippen molar-refractivity contribution in [2.75, 3.05) is 11.9 Å². The highest BCUT2D eigenvalue weighted by molar-refractivity contribution is 9.09. The smallest absolute Gasteiger partial charge is 0.211 e. The van der Waals surface area contributed by atoms with E-state index in [4.69, 9.17) is 0 Å². The number of unbranched alkanes of at least 4 members (excludes halogenated alkanes) is 1. The monoisotopic (exact) mass is 359 g/mol. The quantitative estimate of drug-likeness (QED) is 0.626. The zero-order valence-electron chi connectivity index (χ0n) is 9.87. The number of sulfonamides is 1. The summed E-state index contributed by atoms with van der Waals surface area (Å²) in [7, 11) is -4.14. The van der Waals surface area contributed by atoms with Gasteiger partial charge >= 0.3 is 6.18 Å². The molecule has 19 heavy (non-hydrogen) atoms. The SMILES string of the molecule is O=S(=O)(NCCCCBr)c1ccccc1C(F)(F)F. The van der Waals surface area contributed by atoms with Gasteiger partial charge in [-0.05, 0) is 25.0 Å². The van der Waals surface area contributed by atoms with Gasteiger partial charge in [0.2, 0.25) is 10.0 Å². The molecule has 1 N–H and O–H groups in total. The molecule has 0 aliphatic carbocycles. The van der Waals surface area contributed by atoms with Crippen molar-refractivity contribution in [2.24, 2.45) is 0 Å². The zero-order valence-corrected chi connectivity index (χ0v) is 12.3. The van der Waals surface area contributed by atoms with E-state index in [1.165, 1.54) is 6.07 Å². The lowest BCUT2D eigenvalue weighted by Gasteiger charge is -2.13. The van der Waals surface area contributed by atoms with Crippen molar-refractivity contribution in [1.29, 1.82) is 0 Å². The van der Waals surface area contributed by atoms with Gasteiger partial charge in [0.05, 0.1) is 10.5 Å². The zero-order chi connectivity index (χ0) is 14.5. The summed E-state index contributed by atoms with van der Waals surface area (Å²) in [6, 6.07) is 4.14. The van der Waals surface area contributed by atoms with Crippen LogP contribution < -0.4 is 4.72 Å². The van der Waals surface area contributed by atoms with Crippen molar-refractivity contribution < 1.29 is 21.6 Å². The molecule has 1 aromatic rings. The third-order valence-corrected chi connectivity index (χ3v) is 4.41. The van der Waals surface area contributed by atoms with Crippen molar-refractivity contribution in [3.8, 4) is 0 Å². The van der Waals surface area contributed by atoms with Crippen LogP contribution in [0.2, 0.25) is 0 Å². The molecule has 0 aliphatic rings. The predicted octanol–water partition coefficient (Wildman–Crippen LogP) is 3.16. The summed E-state index contributed by atoms with van der Waals surface area (Å²) in [5, 5.41) is 0.716. The normalized spacial score (nSPS) is 12.6. The van der Waals surface area contributed by atoms with E-state index in [0.29, 0.717) is 11.8 Å². The first-order valence-electron chi connectivity index (χ1n) is 5.51. The van der Waals surface area contributed by atoms with Crippen molar-refractivity contribution in [3.63, 3.8) is 0 Å². The number of hydrogen-bond acceptors (Lipinski definition) is 2. The molecular formula is C11H13BrF3NO2S. The van der Waals surface area contributed by atoms with Crippen LogP contribution in [-0.2, 0) is 16.2 Å². The van der Waals surface area contributed by atoms with Gasteiger partial charge in [0.25, 0.3) is 0 Å². The standard InChI is InChI=1S/C11H13BrF3NO2S/c12-7-3-4-8-16-19(17,18)10-6-2-1-5-9(10)11(13,14)15/h1-2,5-6,16H,3-4,7-8H2. The number of rotatable bonds is 6. The molecule has 0 heterocycles. The Kier molecular flexibility index (Phi) is 5.82. The molecule has 0 spiro atoms. The van der Waals surface area contributed by atoms with Gasteiger partial charge in [-0.15, -0.1) is 0 Å². The Labute approximate surface area is 118 Å². The predicted molar refractivity (Wildman–Crippen MR) is 69.7 cm³/mol. The van der Waals surface area contributed by atoms with E-state index >= 15 is 0 Å². The molecule has 0 aromatic heterocycles. The third-order valence-electron chi connectivity index (χ3n) is 2.33. The molecule has 0 radical (unpaired) electrons. The van der Waals surface area contributed by atoms with Gasteiger partial charge in [0, 0.05) is 11.9 Å². The van der Waals surface area contributed by atoms with Crippen molar-refractivity contribution in [3.05, 3.63) is 29.8 Å². The molecule has 0 saturated heterocycles. The van der Waals surface area contributed by atoms with Crippen molar-refractivity contribution >= 4 is 26.0 Å². The molecule has 0 amide bonds. The second-order valence-corrected chi connectivity index (χ2v) is 6.32. The number of nitrogens with one attached hydrogen (secondary N) is 1. The summed E-state index contributed by atoms with van der Waals surface area (Å²) in [6.07, 6.45) is -3.40. The van der Waals surface area contributed by atoms with E-state index in [1.807, 2.05) is 0 Å². The maximum Gasteiger partial charge on any atom is 0.417 e. The lowest BCUT2D eigenvalue weighted by Crippen LogP contribution is -2.27. The highest BCUT2D eigenvalue weighted by Crippen LogP contribution is 2.33. The van der Waals surface area contributed by atoms with Gasteiger partial charge in [0.15, 0.2) is 0 Å². The Hall–Kier alpha value is -0.600. The van der Waals surface area contributed by atoms with Crippen LogP contribution in [0.25, 0.3) is 0 Å². The van der Waals surface area contributed by atoms with Crippen LogP contribution >= 0.6 is 15.9 Å². The highest BCUT2D eigenvalue weighted by atomic mass is 79.9. The van der Waals surface area contributed by atoms with Crippen LogP contribution in [0, 0.1) is 0 Å². The molecule has 0 aliphatic heterocycles. The van der Waals surface area contributed by atoms with Crippen LogP contribution in [0.3, 0.4) is 0 Å². The van der Waals surface area contributed by atoms with Crippen LogP contribution in [0.15, 0.2) is 29.2 Å². The minimum absolute atomic E-state index is 0.111. The lowest BCUT2D eigenvalue weighted by molar-refractivity contribution is -0.139. The lowest BCUT2D eigenvalue weighted by atomic mass is 10.2. The topological polar surface area (TPSA) is 46.2 Å². The molecular weight excluding hydrogens is 347 g/mol. The summed E-state index contributed by atoms with van der Waals surface area (Å²) in [6.45, 7) is 0.111. The fourth-order valence-electron chi connectivity index (χ4n) is 1.44. The van der Waals surface area contributed by atoms with Gasteiger partial charge in [0.1, 0.15) is 0 Å². The molecule has 0 atom stereocenters. The first-order chi connectivity index (χ1) is 8.79. The summed E-state index contributed by atoms with van der Waals surface area (Å²) in [5.74, 6) is 0. The van der Waals surface area contributed by atoms with E-state index in [0.717, 1.165) is 24.6 Å². The Morgan fingerprint density at radius 2 is 1.79 bits per heavy atom. The first kappa shape index (κ1) is 16.5. The number of hydrogen-bond donors (Lipinski definition) is 1. The fraction of sp³-hybridized carbons (Fsp3) is 0.455. The van der Waals surface area contributed by atoms with Gasteiger partial charge in [-0.3, -0.25) is 0 Å². The Bertz CT molecular complexity index is 517. The summed E-state index contributed by atoms with van der Waals surface area (Å²) < 4.78 is 64.0. The van der Waals surface area contributed by atoms with E-state index in [-0.39, 0.29) is 6.54 Å². The Balaban J connectivity index is 2.96. The van der Waals surface area contributed by atoms with Gasteiger partial charge in [-0.2, -0.15) is 13.2 Å². The average Bonchev–Trinajstić information content (AvgIpc) is 2.34. The van der Waals surface area contributed by atoms with Crippen molar-refractivity contribution in [1.82, 2.24) is 4.72 Å². The molecule has 3 nitrogen and oxygen atoms in total. The van der Waals surface area contributed by atoms with Gasteiger partial charge in [-0.25, -0.2) is 13.1 Å². The molecule has 1 rings (SSSR count). The second-order valence-electron chi connectivity index (χ2n) is 3.79. The second kappa shape index (κ2) is 6.71. The maximum atomic E-state index is 12.7. The van der Waals surface area contributed by atoms with Crippen LogP contribution in [0.4, 0.5) is 13.2 Å². The number of alkyl halides is 4. The van der Waals surface area contributed by atoms with Crippen molar-refractivity contribution in [2.45, 2.75) is 23.9 Å². The molecule has 108 valence electrons. The van der Waals surface area contributed by atoms with Crippen LogP contribution in [-0.4, -0.2) is 20.3 Å². The summed E-state index contributed by atoms with van der Waals surface area (Å²) in [4.78, 5) is -0.735. The van der Waals surface area contributed by atoms with E-state index in [2.05, 4.69) is 20.7 Å². The minimum Gasteiger partial charge on any atom is -0.211 e. The van der Waals surface area contributed by atoms with Gasteiger partial charge in [-0.1, -0.05) is 28.1 Å². The Morgan fingerprint density at radius 3 is 2.37 bits per heavy atom. The first-order valence-corrected chi connectivity index (χ1v) is 8.11. The average molecular weight is 360 g/mol. The molecule has 1 aromatic carbocycles. The molecule has 0 saturated carbocycles. The third kappa shape index (κ3) is 4.77. The van der Waals surface area contributed by atoms with E-state index in [9.17, 15) is 21.6 Å². The fourth-order valence-corrected chi connectivity index (χ4v) is 3.14. The van der Waals surface area contributed by atoms with Crippen LogP contribution in [0.5, 0.6) is 0 Å². The minimum atomic E-state index is -4.69. The van der Waals surface area contributed by atoms with Gasteiger partial charge < -0.3 is 0 Å². The van der Waals surface area contributed by atoms with Crippen LogP contribution in [0.1, 0.15) is 18.4 Å². The molecule has 0 unspecified atom stereocenters.